The number of hydrogen-bond acceptors (Lipinski definition) is 2. The zero-order valence-corrected chi connectivity index (χ0v) is 11.0. The van der Waals surface area contributed by atoms with E-state index in [2.05, 4.69) is 21.2 Å². The van der Waals surface area contributed by atoms with Gasteiger partial charge in [-0.3, -0.25) is 4.79 Å². The molecule has 0 fully saturated rings. The molecule has 0 atom stereocenters. The molecule has 0 bridgehead atoms. The molecule has 0 aliphatic carbocycles. The molecule has 0 aliphatic rings. The van der Waals surface area contributed by atoms with Crippen LogP contribution >= 0.6 is 15.9 Å². The zero-order valence-electron chi connectivity index (χ0n) is 9.42. The largest absolute Gasteiger partial charge is 0.352 e. The lowest BCUT2D eigenvalue weighted by Crippen LogP contribution is -2.24. The number of carbonyl (C=O) groups excluding carboxylic acids is 1. The Morgan fingerprint density at radius 3 is 2.81 bits per heavy atom. The molecule has 1 rings (SSSR count). The van der Waals surface area contributed by atoms with Crippen LogP contribution in [0.3, 0.4) is 0 Å². The molecule has 1 aromatic carbocycles. The lowest BCUT2D eigenvalue weighted by atomic mass is 10.1. The van der Waals surface area contributed by atoms with Crippen molar-refractivity contribution >= 4 is 21.8 Å². The first-order valence-corrected chi connectivity index (χ1v) is 6.19. The van der Waals surface area contributed by atoms with Crippen LogP contribution in [0.25, 0.3) is 0 Å². The molecule has 0 saturated heterocycles. The number of rotatable bonds is 5. The fraction of sp³-hybridized carbons (Fsp3) is 0.417. The Kier molecular flexibility index (Phi) is 5.49. The molecule has 0 spiro atoms. The minimum absolute atomic E-state index is 0.0207. The van der Waals surface area contributed by atoms with Crippen molar-refractivity contribution < 1.29 is 4.79 Å². The summed E-state index contributed by atoms with van der Waals surface area (Å²) in [7, 11) is 0. The molecule has 88 valence electrons. The highest BCUT2D eigenvalue weighted by atomic mass is 79.9. The van der Waals surface area contributed by atoms with Gasteiger partial charge < -0.3 is 11.1 Å². The number of nitrogens with one attached hydrogen (secondary N) is 1. The standard InChI is InChI=1S/C12H17BrN2O/c1-9-8-10(4-5-11(9)13)12(16)15-7-3-2-6-14/h4-5,8H,2-3,6-7,14H2,1H3,(H,15,16). The number of nitrogens with two attached hydrogens (primary N) is 1. The molecular formula is C12H17BrN2O. The first-order valence-electron chi connectivity index (χ1n) is 5.39. The highest BCUT2D eigenvalue weighted by Crippen LogP contribution is 2.16. The van der Waals surface area contributed by atoms with Crippen LogP contribution in [-0.2, 0) is 0 Å². The van der Waals surface area contributed by atoms with Gasteiger partial charge in [0, 0.05) is 16.6 Å². The molecule has 3 N–H and O–H groups in total. The SMILES string of the molecule is Cc1cc(C(=O)NCCCCN)ccc1Br. The third kappa shape index (κ3) is 3.94. The predicted octanol–water partition coefficient (Wildman–Crippen LogP) is 2.23. The Bertz CT molecular complexity index is 366. The quantitative estimate of drug-likeness (QED) is 0.815. The summed E-state index contributed by atoms with van der Waals surface area (Å²) in [6, 6.07) is 5.59. The Labute approximate surface area is 105 Å². The van der Waals surface area contributed by atoms with Gasteiger partial charge in [0.2, 0.25) is 0 Å². The smallest absolute Gasteiger partial charge is 0.251 e. The molecule has 0 unspecified atom stereocenters. The Hall–Kier alpha value is -0.870. The van der Waals surface area contributed by atoms with Crippen molar-refractivity contribution in [3.05, 3.63) is 33.8 Å². The van der Waals surface area contributed by atoms with Crippen LogP contribution in [0.5, 0.6) is 0 Å². The number of halogens is 1. The van der Waals surface area contributed by atoms with E-state index in [1.807, 2.05) is 25.1 Å². The monoisotopic (exact) mass is 284 g/mol. The second-order valence-electron chi connectivity index (χ2n) is 3.72. The first kappa shape index (κ1) is 13.2. The topological polar surface area (TPSA) is 55.1 Å². The molecule has 1 aromatic rings. The van der Waals surface area contributed by atoms with E-state index in [0.29, 0.717) is 18.7 Å². The maximum atomic E-state index is 11.7. The van der Waals surface area contributed by atoms with E-state index in [1.54, 1.807) is 0 Å². The van der Waals surface area contributed by atoms with Gasteiger partial charge in [-0.15, -0.1) is 0 Å². The van der Waals surface area contributed by atoms with E-state index in [9.17, 15) is 4.79 Å². The van der Waals surface area contributed by atoms with Gasteiger partial charge in [0.15, 0.2) is 0 Å². The molecule has 0 heterocycles. The van der Waals surface area contributed by atoms with Crippen LogP contribution < -0.4 is 11.1 Å². The fourth-order valence-corrected chi connectivity index (χ4v) is 1.61. The van der Waals surface area contributed by atoms with Crippen molar-refractivity contribution in [2.75, 3.05) is 13.1 Å². The van der Waals surface area contributed by atoms with Crippen LogP contribution in [0.2, 0.25) is 0 Å². The molecule has 3 nitrogen and oxygen atoms in total. The van der Waals surface area contributed by atoms with E-state index < -0.39 is 0 Å². The highest BCUT2D eigenvalue weighted by molar-refractivity contribution is 9.10. The molecule has 0 aliphatic heterocycles. The molecule has 1 amide bonds. The Balaban J connectivity index is 2.50. The number of amides is 1. The van der Waals surface area contributed by atoms with Crippen LogP contribution in [0.15, 0.2) is 22.7 Å². The average molecular weight is 285 g/mol. The molecule has 16 heavy (non-hydrogen) atoms. The van der Waals surface area contributed by atoms with Gasteiger partial charge in [-0.2, -0.15) is 0 Å². The summed E-state index contributed by atoms with van der Waals surface area (Å²) in [6.45, 7) is 3.33. The minimum Gasteiger partial charge on any atom is -0.352 e. The van der Waals surface area contributed by atoms with Crippen molar-refractivity contribution in [1.29, 1.82) is 0 Å². The lowest BCUT2D eigenvalue weighted by Gasteiger charge is -2.06. The first-order chi connectivity index (χ1) is 7.65. The summed E-state index contributed by atoms with van der Waals surface area (Å²) in [5.74, 6) is -0.0207. The average Bonchev–Trinajstić information content (AvgIpc) is 2.28. The van der Waals surface area contributed by atoms with Gasteiger partial charge in [0.05, 0.1) is 0 Å². The predicted molar refractivity (Wildman–Crippen MR) is 69.5 cm³/mol. The van der Waals surface area contributed by atoms with Crippen molar-refractivity contribution in [2.45, 2.75) is 19.8 Å². The zero-order chi connectivity index (χ0) is 12.0. The maximum Gasteiger partial charge on any atom is 0.251 e. The highest BCUT2D eigenvalue weighted by Gasteiger charge is 2.05. The van der Waals surface area contributed by atoms with Crippen LogP contribution in [0, 0.1) is 6.92 Å². The van der Waals surface area contributed by atoms with Crippen molar-refractivity contribution in [2.24, 2.45) is 5.73 Å². The van der Waals surface area contributed by atoms with E-state index in [1.165, 1.54) is 0 Å². The summed E-state index contributed by atoms with van der Waals surface area (Å²) >= 11 is 3.41. The summed E-state index contributed by atoms with van der Waals surface area (Å²) in [5, 5.41) is 2.87. The number of aryl methyl sites for hydroxylation is 1. The lowest BCUT2D eigenvalue weighted by molar-refractivity contribution is 0.0953. The van der Waals surface area contributed by atoms with Crippen molar-refractivity contribution in [1.82, 2.24) is 5.32 Å². The summed E-state index contributed by atoms with van der Waals surface area (Å²) in [4.78, 5) is 11.7. The van der Waals surface area contributed by atoms with E-state index >= 15 is 0 Å². The molecular weight excluding hydrogens is 268 g/mol. The third-order valence-corrected chi connectivity index (χ3v) is 3.23. The van der Waals surface area contributed by atoms with Gasteiger partial charge in [0.1, 0.15) is 0 Å². The second kappa shape index (κ2) is 6.66. The Morgan fingerprint density at radius 2 is 2.19 bits per heavy atom. The van der Waals surface area contributed by atoms with E-state index in [-0.39, 0.29) is 5.91 Å². The van der Waals surface area contributed by atoms with Gasteiger partial charge in [-0.1, -0.05) is 15.9 Å². The number of unbranched alkanes of at least 4 members (excludes halogenated alkanes) is 1. The van der Waals surface area contributed by atoms with Crippen LogP contribution in [-0.4, -0.2) is 19.0 Å². The molecule has 0 saturated carbocycles. The van der Waals surface area contributed by atoms with Crippen molar-refractivity contribution in [3.63, 3.8) is 0 Å². The number of benzene rings is 1. The summed E-state index contributed by atoms with van der Waals surface area (Å²) < 4.78 is 1.02. The maximum absolute atomic E-state index is 11.7. The van der Waals surface area contributed by atoms with Gasteiger partial charge in [0.25, 0.3) is 5.91 Å². The van der Waals surface area contributed by atoms with Crippen molar-refractivity contribution in [3.8, 4) is 0 Å². The molecule has 0 aromatic heterocycles. The Morgan fingerprint density at radius 1 is 1.44 bits per heavy atom. The minimum atomic E-state index is -0.0207. The van der Waals surface area contributed by atoms with Gasteiger partial charge in [-0.25, -0.2) is 0 Å². The number of hydrogen-bond donors (Lipinski definition) is 2. The fourth-order valence-electron chi connectivity index (χ4n) is 1.36. The van der Waals surface area contributed by atoms with Crippen LogP contribution in [0.1, 0.15) is 28.8 Å². The summed E-state index contributed by atoms with van der Waals surface area (Å²) in [5.41, 5.74) is 7.14. The van der Waals surface area contributed by atoms with Gasteiger partial charge in [-0.05, 0) is 50.1 Å². The molecule has 4 heteroatoms. The van der Waals surface area contributed by atoms with E-state index in [4.69, 9.17) is 5.73 Å². The summed E-state index contributed by atoms with van der Waals surface area (Å²) in [6.07, 6.45) is 1.87. The third-order valence-electron chi connectivity index (χ3n) is 2.34. The van der Waals surface area contributed by atoms with Crippen LogP contribution in [0.4, 0.5) is 0 Å². The normalized spacial score (nSPS) is 10.2. The molecule has 0 radical (unpaired) electrons. The van der Waals surface area contributed by atoms with Gasteiger partial charge >= 0.3 is 0 Å². The number of carbonyl (C=O) groups is 1. The van der Waals surface area contributed by atoms with E-state index in [0.717, 1.165) is 22.9 Å². The second-order valence-corrected chi connectivity index (χ2v) is 4.57.